The van der Waals surface area contributed by atoms with Crippen molar-refractivity contribution in [3.8, 4) is 22.5 Å². The van der Waals surface area contributed by atoms with Crippen LogP contribution in [0.4, 0.5) is 15.4 Å². The number of hydrogen-bond acceptors (Lipinski definition) is 10. The minimum Gasteiger partial charge on any atom is -0.444 e. The smallest absolute Gasteiger partial charge is 0.410 e. The van der Waals surface area contributed by atoms with Gasteiger partial charge in [-0.3, -0.25) is 4.98 Å². The van der Waals surface area contributed by atoms with Crippen molar-refractivity contribution in [2.45, 2.75) is 72.1 Å². The third-order valence-electron chi connectivity index (χ3n) is 8.78. The molecule has 2 amide bonds. The fourth-order valence-electron chi connectivity index (χ4n) is 6.23. The molecule has 2 N–H and O–H groups in total. The van der Waals surface area contributed by atoms with Gasteiger partial charge in [-0.2, -0.15) is 5.21 Å². The van der Waals surface area contributed by atoms with Crippen molar-refractivity contribution in [3.63, 3.8) is 0 Å². The van der Waals surface area contributed by atoms with Crippen molar-refractivity contribution < 1.29 is 19.1 Å². The maximum Gasteiger partial charge on any atom is 0.410 e. The van der Waals surface area contributed by atoms with Crippen LogP contribution in [0.1, 0.15) is 59.9 Å². The van der Waals surface area contributed by atoms with Crippen molar-refractivity contribution in [1.82, 2.24) is 40.4 Å². The van der Waals surface area contributed by atoms with Crippen LogP contribution in [-0.2, 0) is 16.0 Å². The Labute approximate surface area is 331 Å². The van der Waals surface area contributed by atoms with Crippen LogP contribution in [0.15, 0.2) is 85.2 Å². The molecule has 0 radical (unpaired) electrons. The minimum absolute atomic E-state index is 0.322. The number of aromatic nitrogens is 6. The second kappa shape index (κ2) is 17.3. The SMILES string of the molecule is CC(C)(C)OC(=O)N(CCCCN(Cc1ccc(-c2ccccc2)c(Cl)c1)C(=O)OC(C)(C)C)CCNc1nc2cc(-c3nn[nH]n3)ccc2c2cnccc12. The molecule has 0 unspecified atom stereocenters. The highest BCUT2D eigenvalue weighted by Crippen LogP contribution is 2.32. The van der Waals surface area contributed by atoms with Gasteiger partial charge in [-0.25, -0.2) is 14.6 Å². The molecule has 6 aromatic rings. The number of carbonyl (C=O) groups is 2. The number of anilines is 1. The van der Waals surface area contributed by atoms with Gasteiger partial charge < -0.3 is 24.6 Å². The number of unbranched alkanes of at least 4 members (excludes halogenated alkanes) is 1. The van der Waals surface area contributed by atoms with Gasteiger partial charge in [-0.15, -0.1) is 10.2 Å². The summed E-state index contributed by atoms with van der Waals surface area (Å²) in [5.41, 5.74) is 3.01. The summed E-state index contributed by atoms with van der Waals surface area (Å²) in [7, 11) is 0. The number of carbonyl (C=O) groups excluding carboxylic acids is 2. The molecule has 13 nitrogen and oxygen atoms in total. The van der Waals surface area contributed by atoms with Gasteiger partial charge in [0.1, 0.15) is 17.0 Å². The van der Waals surface area contributed by atoms with Crippen molar-refractivity contribution in [2.75, 3.05) is 31.5 Å². The number of nitrogens with zero attached hydrogens (tertiary/aromatic N) is 7. The van der Waals surface area contributed by atoms with E-state index in [2.05, 4.69) is 30.9 Å². The summed E-state index contributed by atoms with van der Waals surface area (Å²) in [6, 6.07) is 23.5. The fraction of sp³-hybridized carbons (Fsp3) is 0.357. The van der Waals surface area contributed by atoms with Crippen molar-refractivity contribution in [2.24, 2.45) is 0 Å². The van der Waals surface area contributed by atoms with Crippen LogP contribution in [0.2, 0.25) is 5.02 Å². The van der Waals surface area contributed by atoms with E-state index in [1.807, 2.05) is 121 Å². The molecule has 0 aliphatic rings. The number of pyridine rings is 2. The summed E-state index contributed by atoms with van der Waals surface area (Å²) in [5.74, 6) is 1.13. The number of amides is 2. The molecule has 0 aliphatic carbocycles. The second-order valence-electron chi connectivity index (χ2n) is 15.5. The molecule has 0 aliphatic heterocycles. The largest absolute Gasteiger partial charge is 0.444 e. The molecule has 0 fully saturated rings. The molecule has 0 saturated carbocycles. The number of fused-ring (bicyclic) bond motifs is 3. The first-order valence-corrected chi connectivity index (χ1v) is 19.1. The van der Waals surface area contributed by atoms with Gasteiger partial charge in [0.05, 0.1) is 5.52 Å². The third-order valence-corrected chi connectivity index (χ3v) is 9.09. The number of aromatic amines is 1. The normalized spacial score (nSPS) is 11.8. The molecular formula is C42H48ClN9O4. The molecule has 3 aromatic heterocycles. The second-order valence-corrected chi connectivity index (χ2v) is 15.9. The highest BCUT2D eigenvalue weighted by atomic mass is 35.5. The Morgan fingerprint density at radius 3 is 2.18 bits per heavy atom. The molecule has 3 heterocycles. The van der Waals surface area contributed by atoms with E-state index in [-0.39, 0.29) is 0 Å². The van der Waals surface area contributed by atoms with Gasteiger partial charge in [0.2, 0.25) is 5.82 Å². The number of H-pyrrole nitrogens is 1. The zero-order chi connectivity index (χ0) is 39.9. The van der Waals surface area contributed by atoms with Gasteiger partial charge in [-0.1, -0.05) is 66.2 Å². The Balaban J connectivity index is 1.13. The molecule has 3 aromatic carbocycles. The van der Waals surface area contributed by atoms with E-state index in [9.17, 15) is 9.59 Å². The lowest BCUT2D eigenvalue weighted by Gasteiger charge is -2.29. The predicted octanol–water partition coefficient (Wildman–Crippen LogP) is 9.15. The number of nitrogens with one attached hydrogen (secondary N) is 2. The van der Waals surface area contributed by atoms with E-state index in [1.165, 1.54) is 0 Å². The van der Waals surface area contributed by atoms with Crippen LogP contribution in [0, 0.1) is 0 Å². The summed E-state index contributed by atoms with van der Waals surface area (Å²) >= 11 is 6.73. The number of ether oxygens (including phenoxy) is 2. The summed E-state index contributed by atoms with van der Waals surface area (Å²) in [5, 5.41) is 21.2. The van der Waals surface area contributed by atoms with Gasteiger partial charge in [0, 0.05) is 77.4 Å². The van der Waals surface area contributed by atoms with E-state index in [1.54, 1.807) is 16.0 Å². The average molecular weight is 778 g/mol. The van der Waals surface area contributed by atoms with Crippen LogP contribution in [-0.4, -0.2) is 90.0 Å². The first-order chi connectivity index (χ1) is 26.7. The Morgan fingerprint density at radius 1 is 0.786 bits per heavy atom. The van der Waals surface area contributed by atoms with Crippen LogP contribution in [0.3, 0.4) is 0 Å². The Kier molecular flexibility index (Phi) is 12.3. The molecule has 0 atom stereocenters. The van der Waals surface area contributed by atoms with Gasteiger partial charge in [-0.05, 0) is 88.9 Å². The van der Waals surface area contributed by atoms with Crippen LogP contribution >= 0.6 is 11.6 Å². The Morgan fingerprint density at radius 2 is 1.50 bits per heavy atom. The molecule has 0 spiro atoms. The molecule has 292 valence electrons. The summed E-state index contributed by atoms with van der Waals surface area (Å²) in [6.07, 6.45) is 3.96. The lowest BCUT2D eigenvalue weighted by Crippen LogP contribution is -2.40. The topological polar surface area (TPSA) is 151 Å². The third kappa shape index (κ3) is 10.5. The Hall–Kier alpha value is -5.82. The van der Waals surface area contributed by atoms with Gasteiger partial charge >= 0.3 is 12.2 Å². The first-order valence-electron chi connectivity index (χ1n) is 18.7. The highest BCUT2D eigenvalue weighted by Gasteiger charge is 2.25. The molecule has 0 bridgehead atoms. The maximum absolute atomic E-state index is 13.5. The van der Waals surface area contributed by atoms with Gasteiger partial charge in [0.15, 0.2) is 0 Å². The van der Waals surface area contributed by atoms with E-state index in [0.29, 0.717) is 62.2 Å². The summed E-state index contributed by atoms with van der Waals surface area (Å²) in [6.45, 7) is 13.0. The zero-order valence-corrected chi connectivity index (χ0v) is 33.4. The molecule has 0 saturated heterocycles. The summed E-state index contributed by atoms with van der Waals surface area (Å²) in [4.78, 5) is 39.6. The lowest BCUT2D eigenvalue weighted by molar-refractivity contribution is 0.0203. The number of rotatable bonds is 13. The van der Waals surface area contributed by atoms with Crippen molar-refractivity contribution in [1.29, 1.82) is 0 Å². The van der Waals surface area contributed by atoms with Crippen LogP contribution in [0.25, 0.3) is 44.2 Å². The van der Waals surface area contributed by atoms with Crippen LogP contribution < -0.4 is 5.32 Å². The predicted molar refractivity (Wildman–Crippen MR) is 219 cm³/mol. The number of tetrazole rings is 1. The van der Waals surface area contributed by atoms with E-state index < -0.39 is 23.4 Å². The van der Waals surface area contributed by atoms with Crippen LogP contribution in [0.5, 0.6) is 0 Å². The van der Waals surface area contributed by atoms with E-state index >= 15 is 0 Å². The number of benzene rings is 3. The minimum atomic E-state index is -0.673. The van der Waals surface area contributed by atoms with E-state index in [4.69, 9.17) is 26.1 Å². The summed E-state index contributed by atoms with van der Waals surface area (Å²) < 4.78 is 11.6. The molecule has 6 rings (SSSR count). The number of halogens is 1. The standard InChI is InChI=1S/C42H48ClN9O4/c1-41(2,3)55-39(53)51(23-20-45-38-33-18-19-44-26-34(33)32-17-15-30(25-36(32)46-38)37-47-49-50-48-37)21-10-11-22-52(40(54)56-42(4,5)6)27-28-14-16-31(35(43)24-28)29-12-8-7-9-13-29/h7-9,12-19,24-26H,10-11,20-23,27H2,1-6H3,(H,45,46)(H,47,48,49,50). The monoisotopic (exact) mass is 777 g/mol. The van der Waals surface area contributed by atoms with E-state index in [0.717, 1.165) is 43.9 Å². The number of hydrogen-bond donors (Lipinski definition) is 2. The lowest BCUT2D eigenvalue weighted by atomic mass is 10.0. The Bertz CT molecular complexity index is 2270. The zero-order valence-electron chi connectivity index (χ0n) is 32.7. The van der Waals surface area contributed by atoms with Crippen molar-refractivity contribution >= 4 is 51.3 Å². The average Bonchev–Trinajstić information content (AvgIpc) is 3.69. The highest BCUT2D eigenvalue weighted by molar-refractivity contribution is 6.33. The molecular weight excluding hydrogens is 730 g/mol. The first kappa shape index (κ1) is 39.9. The maximum atomic E-state index is 13.5. The molecule has 14 heteroatoms. The molecule has 56 heavy (non-hydrogen) atoms. The quantitative estimate of drug-likeness (QED) is 0.0858. The van der Waals surface area contributed by atoms with Gasteiger partial charge in [0.25, 0.3) is 0 Å². The fourth-order valence-corrected chi connectivity index (χ4v) is 6.54. The van der Waals surface area contributed by atoms with Crippen molar-refractivity contribution in [3.05, 3.63) is 95.8 Å².